The lowest BCUT2D eigenvalue weighted by atomic mass is 9.89. The van der Waals surface area contributed by atoms with Crippen LogP contribution in [0.4, 0.5) is 0 Å². The fraction of sp³-hybridized carbons (Fsp3) is 0.632. The number of hydrogen-bond donors (Lipinski definition) is 2. The van der Waals surface area contributed by atoms with Crippen molar-refractivity contribution in [2.75, 3.05) is 7.11 Å². The van der Waals surface area contributed by atoms with E-state index in [1.165, 1.54) is 12.8 Å². The van der Waals surface area contributed by atoms with Crippen molar-refractivity contribution < 1.29 is 9.53 Å². The van der Waals surface area contributed by atoms with Gasteiger partial charge in [0, 0.05) is 30.6 Å². The molecule has 1 aromatic carbocycles. The second-order valence-electron chi connectivity index (χ2n) is 7.24. The number of benzene rings is 1. The van der Waals surface area contributed by atoms with Gasteiger partial charge in [-0.25, -0.2) is 0 Å². The summed E-state index contributed by atoms with van der Waals surface area (Å²) in [7, 11) is 1.67. The number of carbonyl (C=O) groups is 1. The van der Waals surface area contributed by atoms with E-state index in [0.717, 1.165) is 18.4 Å². The molecule has 2 aliphatic heterocycles. The molecule has 0 spiro atoms. The van der Waals surface area contributed by atoms with Crippen molar-refractivity contribution in [3.63, 3.8) is 0 Å². The summed E-state index contributed by atoms with van der Waals surface area (Å²) in [5.74, 6) is 0.636. The second-order valence-corrected chi connectivity index (χ2v) is 7.68. The molecule has 2 aliphatic rings. The first-order valence-electron chi connectivity index (χ1n) is 8.89. The lowest BCUT2D eigenvalue weighted by molar-refractivity contribution is -0.123. The van der Waals surface area contributed by atoms with Gasteiger partial charge in [0.2, 0.25) is 5.91 Å². The molecular formula is C19H28Cl2N2O2. The van der Waals surface area contributed by atoms with Crippen molar-refractivity contribution in [3.8, 4) is 0 Å². The quantitative estimate of drug-likeness (QED) is 0.779. The zero-order valence-electron chi connectivity index (χ0n) is 14.8. The molecule has 4 atom stereocenters. The Kier molecular flexibility index (Phi) is 7.56. The Morgan fingerprint density at radius 2 is 1.88 bits per heavy atom. The first-order chi connectivity index (χ1) is 11.5. The molecule has 0 aliphatic carbocycles. The molecule has 0 saturated carbocycles. The van der Waals surface area contributed by atoms with Crippen molar-refractivity contribution in [2.24, 2.45) is 5.92 Å². The summed E-state index contributed by atoms with van der Waals surface area (Å²) in [6.45, 7) is 1.99. The van der Waals surface area contributed by atoms with Gasteiger partial charge in [-0.05, 0) is 56.2 Å². The molecule has 1 aromatic rings. The molecule has 4 nitrogen and oxygen atoms in total. The Bertz CT molecular complexity index is 555. The van der Waals surface area contributed by atoms with E-state index >= 15 is 0 Å². The maximum Gasteiger partial charge on any atom is 0.220 e. The third kappa shape index (κ3) is 5.33. The number of ether oxygens (including phenoxy) is 1. The number of nitrogens with one attached hydrogen (secondary N) is 2. The zero-order chi connectivity index (χ0) is 17.1. The number of amides is 1. The molecule has 6 heteroatoms. The molecule has 0 radical (unpaired) electrons. The molecule has 1 amide bonds. The van der Waals surface area contributed by atoms with Gasteiger partial charge in [0.15, 0.2) is 0 Å². The topological polar surface area (TPSA) is 50.4 Å². The average Bonchev–Trinajstić information content (AvgIpc) is 2.88. The molecule has 2 bridgehead atoms. The van der Waals surface area contributed by atoms with Crippen molar-refractivity contribution in [2.45, 2.75) is 63.3 Å². The van der Waals surface area contributed by atoms with E-state index in [-0.39, 0.29) is 30.5 Å². The number of halogens is 2. The summed E-state index contributed by atoms with van der Waals surface area (Å²) in [4.78, 5) is 12.5. The summed E-state index contributed by atoms with van der Waals surface area (Å²) < 4.78 is 5.61. The second kappa shape index (κ2) is 9.22. The van der Waals surface area contributed by atoms with Crippen LogP contribution < -0.4 is 10.6 Å². The lowest BCUT2D eigenvalue weighted by Crippen LogP contribution is -2.42. The van der Waals surface area contributed by atoms with Crippen LogP contribution in [0.25, 0.3) is 0 Å². The summed E-state index contributed by atoms with van der Waals surface area (Å²) in [6.07, 6.45) is 5.24. The van der Waals surface area contributed by atoms with Crippen LogP contribution in [-0.2, 0) is 9.53 Å². The van der Waals surface area contributed by atoms with Crippen LogP contribution >= 0.6 is 24.0 Å². The van der Waals surface area contributed by atoms with E-state index in [2.05, 4.69) is 10.6 Å². The molecule has 2 saturated heterocycles. The molecular weight excluding hydrogens is 359 g/mol. The van der Waals surface area contributed by atoms with E-state index < -0.39 is 0 Å². The molecule has 0 aromatic heterocycles. The zero-order valence-corrected chi connectivity index (χ0v) is 16.4. The van der Waals surface area contributed by atoms with Crippen LogP contribution in [0.3, 0.4) is 0 Å². The maximum absolute atomic E-state index is 12.5. The van der Waals surface area contributed by atoms with Crippen molar-refractivity contribution in [1.82, 2.24) is 10.6 Å². The maximum atomic E-state index is 12.5. The number of piperidine rings is 1. The number of rotatable bonds is 6. The summed E-state index contributed by atoms with van der Waals surface area (Å²) in [5, 5.41) is 7.45. The SMILES string of the molecule is COC(c1ccc(Cl)cc1)C(C)NC(=O)CC1CC2CCC(C1)N2.Cl. The molecule has 2 heterocycles. The first kappa shape index (κ1) is 20.5. The highest BCUT2D eigenvalue weighted by Crippen LogP contribution is 2.32. The Hall–Kier alpha value is -0.810. The predicted molar refractivity (Wildman–Crippen MR) is 103 cm³/mol. The average molecular weight is 387 g/mol. The smallest absolute Gasteiger partial charge is 0.220 e. The van der Waals surface area contributed by atoms with Crippen molar-refractivity contribution >= 4 is 29.9 Å². The van der Waals surface area contributed by atoms with Gasteiger partial charge in [0.25, 0.3) is 0 Å². The van der Waals surface area contributed by atoms with Gasteiger partial charge < -0.3 is 15.4 Å². The number of methoxy groups -OCH3 is 1. The van der Waals surface area contributed by atoms with E-state index in [4.69, 9.17) is 16.3 Å². The minimum atomic E-state index is -0.171. The molecule has 25 heavy (non-hydrogen) atoms. The predicted octanol–water partition coefficient (Wildman–Crippen LogP) is 3.87. The Balaban J connectivity index is 0.00000225. The highest BCUT2D eigenvalue weighted by Gasteiger charge is 2.34. The number of fused-ring (bicyclic) bond motifs is 2. The monoisotopic (exact) mass is 386 g/mol. The number of carbonyl (C=O) groups excluding carboxylic acids is 1. The molecule has 4 unspecified atom stereocenters. The highest BCUT2D eigenvalue weighted by atomic mass is 35.5. The minimum absolute atomic E-state index is 0. The molecule has 2 fully saturated rings. The molecule has 3 rings (SSSR count). The van der Waals surface area contributed by atoms with E-state index in [1.54, 1.807) is 7.11 Å². The van der Waals surface area contributed by atoms with Crippen LogP contribution in [0, 0.1) is 5.92 Å². The van der Waals surface area contributed by atoms with Gasteiger partial charge in [-0.15, -0.1) is 12.4 Å². The van der Waals surface area contributed by atoms with Gasteiger partial charge in [-0.2, -0.15) is 0 Å². The van der Waals surface area contributed by atoms with Gasteiger partial charge in [-0.1, -0.05) is 23.7 Å². The summed E-state index contributed by atoms with van der Waals surface area (Å²) >= 11 is 5.94. The van der Waals surface area contributed by atoms with Crippen LogP contribution in [-0.4, -0.2) is 31.1 Å². The summed E-state index contributed by atoms with van der Waals surface area (Å²) in [6, 6.07) is 8.76. The van der Waals surface area contributed by atoms with Gasteiger partial charge in [0.05, 0.1) is 6.04 Å². The van der Waals surface area contributed by atoms with E-state index in [0.29, 0.717) is 29.4 Å². The Morgan fingerprint density at radius 1 is 1.28 bits per heavy atom. The van der Waals surface area contributed by atoms with Gasteiger partial charge in [-0.3, -0.25) is 4.79 Å². The van der Waals surface area contributed by atoms with Crippen LogP contribution in [0.5, 0.6) is 0 Å². The van der Waals surface area contributed by atoms with Gasteiger partial charge >= 0.3 is 0 Å². The van der Waals surface area contributed by atoms with Crippen molar-refractivity contribution in [1.29, 1.82) is 0 Å². The number of hydrogen-bond acceptors (Lipinski definition) is 3. The van der Waals surface area contributed by atoms with Crippen LogP contribution in [0.15, 0.2) is 24.3 Å². The van der Waals surface area contributed by atoms with Crippen molar-refractivity contribution in [3.05, 3.63) is 34.9 Å². The van der Waals surface area contributed by atoms with Gasteiger partial charge in [0.1, 0.15) is 6.10 Å². The van der Waals surface area contributed by atoms with E-state index in [1.807, 2.05) is 31.2 Å². The third-order valence-electron chi connectivity index (χ3n) is 5.34. The fourth-order valence-corrected chi connectivity index (χ4v) is 4.40. The normalized spacial score (nSPS) is 27.2. The Morgan fingerprint density at radius 3 is 2.44 bits per heavy atom. The molecule has 140 valence electrons. The first-order valence-corrected chi connectivity index (χ1v) is 9.26. The van der Waals surface area contributed by atoms with E-state index in [9.17, 15) is 4.79 Å². The van der Waals surface area contributed by atoms with Crippen LogP contribution in [0.1, 0.15) is 50.7 Å². The molecule has 2 N–H and O–H groups in total. The fourth-order valence-electron chi connectivity index (χ4n) is 4.27. The lowest BCUT2D eigenvalue weighted by Gasteiger charge is -2.30. The minimum Gasteiger partial charge on any atom is -0.375 e. The highest BCUT2D eigenvalue weighted by molar-refractivity contribution is 6.30. The Labute approximate surface area is 161 Å². The third-order valence-corrected chi connectivity index (χ3v) is 5.59. The largest absolute Gasteiger partial charge is 0.375 e. The van der Waals surface area contributed by atoms with Crippen LogP contribution in [0.2, 0.25) is 5.02 Å². The standard InChI is InChI=1S/C19H27ClN2O2.ClH/c1-12(19(24-2)14-3-5-15(20)6-4-14)21-18(23)11-13-9-16-7-8-17(10-13)22-16;/h3-6,12-13,16-17,19,22H,7-11H2,1-2H3,(H,21,23);1H. The summed E-state index contributed by atoms with van der Waals surface area (Å²) in [5.41, 5.74) is 1.02.